The van der Waals surface area contributed by atoms with Crippen LogP contribution in [0.5, 0.6) is 0 Å². The van der Waals surface area contributed by atoms with E-state index in [2.05, 4.69) is 35.8 Å². The van der Waals surface area contributed by atoms with Crippen LogP contribution in [-0.4, -0.2) is 40.6 Å². The van der Waals surface area contributed by atoms with Gasteiger partial charge in [0.15, 0.2) is 0 Å². The Morgan fingerprint density at radius 2 is 1.97 bits per heavy atom. The van der Waals surface area contributed by atoms with Crippen LogP contribution in [0.2, 0.25) is 10.0 Å². The second-order valence-electron chi connectivity index (χ2n) is 6.86. The third-order valence-corrected chi connectivity index (χ3v) is 5.93. The second-order valence-corrected chi connectivity index (χ2v) is 8.56. The molecular formula is C18H15BrCl2F3N5. The number of rotatable bonds is 2. The molecule has 1 fully saturated rings. The molecule has 3 aromatic rings. The van der Waals surface area contributed by atoms with Crippen LogP contribution in [0.3, 0.4) is 0 Å². The number of H-pyrrole nitrogens is 1. The van der Waals surface area contributed by atoms with Gasteiger partial charge in [0.25, 0.3) is 0 Å². The molecule has 0 saturated carbocycles. The van der Waals surface area contributed by atoms with Crippen molar-refractivity contribution in [3.05, 3.63) is 44.5 Å². The largest absolute Gasteiger partial charge is 0.416 e. The van der Waals surface area contributed by atoms with E-state index in [9.17, 15) is 13.2 Å². The number of hydrogen-bond donors (Lipinski definition) is 1. The number of halogens is 6. The maximum absolute atomic E-state index is 13.1. The summed E-state index contributed by atoms with van der Waals surface area (Å²) in [7, 11) is 0. The summed E-state index contributed by atoms with van der Waals surface area (Å²) in [5.41, 5.74) is 0.0668. The molecule has 1 aromatic carbocycles. The summed E-state index contributed by atoms with van der Waals surface area (Å²) in [4.78, 5) is 15.9. The molecule has 0 amide bonds. The topological polar surface area (TPSA) is 48.1 Å². The first-order chi connectivity index (χ1) is 13.6. The average molecular weight is 509 g/mol. The van der Waals surface area contributed by atoms with E-state index in [4.69, 9.17) is 23.2 Å². The van der Waals surface area contributed by atoms with E-state index < -0.39 is 11.7 Å². The molecule has 29 heavy (non-hydrogen) atoms. The van der Waals surface area contributed by atoms with E-state index in [0.717, 1.165) is 12.1 Å². The number of alkyl halides is 3. The smallest absolute Gasteiger partial charge is 0.352 e. The first-order valence-electron chi connectivity index (χ1n) is 8.72. The van der Waals surface area contributed by atoms with Gasteiger partial charge < -0.3 is 14.8 Å². The summed E-state index contributed by atoms with van der Waals surface area (Å²) < 4.78 is 39.6. The molecule has 11 heteroatoms. The van der Waals surface area contributed by atoms with Crippen LogP contribution in [0.15, 0.2) is 28.9 Å². The van der Waals surface area contributed by atoms with E-state index in [1.165, 1.54) is 0 Å². The van der Waals surface area contributed by atoms with Crippen molar-refractivity contribution in [2.45, 2.75) is 19.1 Å². The molecule has 0 radical (unpaired) electrons. The molecule has 2 aromatic heterocycles. The van der Waals surface area contributed by atoms with Gasteiger partial charge in [-0.25, -0.2) is 9.97 Å². The van der Waals surface area contributed by atoms with Crippen molar-refractivity contribution < 1.29 is 13.2 Å². The van der Waals surface area contributed by atoms with Crippen molar-refractivity contribution in [2.24, 2.45) is 0 Å². The van der Waals surface area contributed by atoms with E-state index in [0.29, 0.717) is 57.0 Å². The van der Waals surface area contributed by atoms with Gasteiger partial charge in [-0.05, 0) is 41.1 Å². The number of benzene rings is 1. The Labute approximate surface area is 182 Å². The fourth-order valence-corrected chi connectivity index (χ4v) is 4.52. The van der Waals surface area contributed by atoms with Gasteiger partial charge in [0.05, 0.1) is 21.1 Å². The molecular weight excluding hydrogens is 494 g/mol. The first-order valence-corrected chi connectivity index (χ1v) is 10.3. The van der Waals surface area contributed by atoms with Crippen LogP contribution in [-0.2, 0) is 6.18 Å². The minimum absolute atomic E-state index is 0.0266. The zero-order valence-corrected chi connectivity index (χ0v) is 18.2. The Balaban J connectivity index is 1.60. The van der Waals surface area contributed by atoms with Crippen molar-refractivity contribution in [2.75, 3.05) is 29.4 Å². The minimum Gasteiger partial charge on any atom is -0.352 e. The number of anilines is 2. The van der Waals surface area contributed by atoms with Crippen LogP contribution >= 0.6 is 39.1 Å². The normalized spacial score (nSPS) is 18.0. The molecule has 1 atom stereocenters. The lowest BCUT2D eigenvalue weighted by Gasteiger charge is -2.40. The lowest BCUT2D eigenvalue weighted by molar-refractivity contribution is -0.137. The number of piperazine rings is 1. The highest BCUT2D eigenvalue weighted by atomic mass is 79.9. The van der Waals surface area contributed by atoms with Gasteiger partial charge in [0.1, 0.15) is 11.3 Å². The zero-order chi connectivity index (χ0) is 20.9. The van der Waals surface area contributed by atoms with Crippen molar-refractivity contribution >= 4 is 61.9 Å². The van der Waals surface area contributed by atoms with Gasteiger partial charge in [-0.1, -0.05) is 23.2 Å². The summed E-state index contributed by atoms with van der Waals surface area (Å²) in [6.45, 7) is 3.87. The Morgan fingerprint density at radius 3 is 2.62 bits per heavy atom. The van der Waals surface area contributed by atoms with E-state index in [1.54, 1.807) is 12.3 Å². The SMILES string of the molecule is C[C@H]1CN(c2ncc(Cl)cc2Cl)CCN1c1nc2c(Br)cc(C(F)(F)F)cc2[nH]1. The monoisotopic (exact) mass is 507 g/mol. The van der Waals surface area contributed by atoms with Gasteiger partial charge in [-0.15, -0.1) is 0 Å². The van der Waals surface area contributed by atoms with Gasteiger partial charge >= 0.3 is 6.18 Å². The predicted octanol–water partition coefficient (Wildman–Crippen LogP) is 5.76. The van der Waals surface area contributed by atoms with Crippen molar-refractivity contribution in [3.63, 3.8) is 0 Å². The van der Waals surface area contributed by atoms with Crippen LogP contribution in [0.4, 0.5) is 24.9 Å². The average Bonchev–Trinajstić information content (AvgIpc) is 3.05. The summed E-state index contributed by atoms with van der Waals surface area (Å²) in [5.74, 6) is 1.19. The number of aromatic nitrogens is 3. The number of imidazole rings is 1. The lowest BCUT2D eigenvalue weighted by Crippen LogP contribution is -2.52. The second kappa shape index (κ2) is 7.52. The van der Waals surface area contributed by atoms with Gasteiger partial charge in [-0.3, -0.25) is 0 Å². The van der Waals surface area contributed by atoms with Gasteiger partial charge in [-0.2, -0.15) is 13.2 Å². The Bertz CT molecular complexity index is 1070. The van der Waals surface area contributed by atoms with E-state index >= 15 is 0 Å². The molecule has 154 valence electrons. The number of aromatic amines is 1. The summed E-state index contributed by atoms with van der Waals surface area (Å²) in [6, 6.07) is 3.80. The highest BCUT2D eigenvalue weighted by Crippen LogP contribution is 2.36. The Kier molecular flexibility index (Phi) is 5.33. The highest BCUT2D eigenvalue weighted by molar-refractivity contribution is 9.10. The molecule has 0 aliphatic carbocycles. The fraction of sp³-hybridized carbons (Fsp3) is 0.333. The number of nitrogens with one attached hydrogen (secondary N) is 1. The molecule has 1 N–H and O–H groups in total. The molecule has 5 nitrogen and oxygen atoms in total. The predicted molar refractivity (Wildman–Crippen MR) is 112 cm³/mol. The first kappa shape index (κ1) is 20.6. The van der Waals surface area contributed by atoms with Crippen molar-refractivity contribution in [1.29, 1.82) is 0 Å². The Morgan fingerprint density at radius 1 is 1.21 bits per heavy atom. The number of nitrogens with zero attached hydrogens (tertiary/aromatic N) is 4. The van der Waals surface area contributed by atoms with E-state index in [-0.39, 0.29) is 6.04 Å². The third kappa shape index (κ3) is 4.00. The molecule has 1 aliphatic heterocycles. The maximum atomic E-state index is 13.1. The third-order valence-electron chi connectivity index (χ3n) is 4.84. The standard InChI is InChI=1S/C18H15BrCl2F3N5/c1-9-8-28(16-13(21)6-11(20)7-25-16)2-3-29(9)17-26-14-5-10(18(22,23)24)4-12(19)15(14)27-17/h4-7,9H,2-3,8H2,1H3,(H,26,27)/t9-/m0/s1. The maximum Gasteiger partial charge on any atom is 0.416 e. The van der Waals surface area contributed by atoms with Crippen LogP contribution in [0.25, 0.3) is 11.0 Å². The van der Waals surface area contributed by atoms with Gasteiger partial charge in [0.2, 0.25) is 5.95 Å². The highest BCUT2D eigenvalue weighted by Gasteiger charge is 2.32. The van der Waals surface area contributed by atoms with Crippen LogP contribution in [0, 0.1) is 0 Å². The minimum atomic E-state index is -4.42. The molecule has 3 heterocycles. The number of hydrogen-bond acceptors (Lipinski definition) is 4. The quantitative estimate of drug-likeness (QED) is 0.478. The van der Waals surface area contributed by atoms with Crippen molar-refractivity contribution in [3.8, 4) is 0 Å². The van der Waals surface area contributed by atoms with Crippen molar-refractivity contribution in [1.82, 2.24) is 15.0 Å². The Hall–Kier alpha value is -1.71. The van der Waals surface area contributed by atoms with Gasteiger partial charge in [0, 0.05) is 36.3 Å². The van der Waals surface area contributed by atoms with Crippen LogP contribution < -0.4 is 9.80 Å². The summed E-state index contributed by atoms with van der Waals surface area (Å²) in [6.07, 6.45) is -2.87. The fourth-order valence-electron chi connectivity index (χ4n) is 3.47. The van der Waals surface area contributed by atoms with Crippen LogP contribution in [0.1, 0.15) is 12.5 Å². The number of pyridine rings is 1. The number of fused-ring (bicyclic) bond motifs is 1. The molecule has 4 rings (SSSR count). The van der Waals surface area contributed by atoms with E-state index in [1.807, 2.05) is 11.8 Å². The lowest BCUT2D eigenvalue weighted by atomic mass is 10.2. The summed E-state index contributed by atoms with van der Waals surface area (Å²) >= 11 is 15.4. The molecule has 0 spiro atoms. The zero-order valence-electron chi connectivity index (χ0n) is 15.1. The molecule has 0 bridgehead atoms. The molecule has 0 unspecified atom stereocenters. The molecule has 1 aliphatic rings. The summed E-state index contributed by atoms with van der Waals surface area (Å²) in [5, 5.41) is 0.946. The molecule has 1 saturated heterocycles.